The van der Waals surface area contributed by atoms with Gasteiger partial charge in [-0.05, 0) is 68.7 Å². The number of rotatable bonds is 6. The molecular formula is C21H24ClNO4. The number of halogens is 1. The Morgan fingerprint density at radius 2 is 1.96 bits per heavy atom. The second-order valence-electron chi connectivity index (χ2n) is 7.11. The number of amides is 1. The molecule has 3 rings (SSSR count). The molecule has 1 heterocycles. The number of nitrogens with one attached hydrogen (secondary N) is 1. The van der Waals surface area contributed by atoms with Crippen LogP contribution < -0.4 is 19.5 Å². The predicted molar refractivity (Wildman–Crippen MR) is 105 cm³/mol. The van der Waals surface area contributed by atoms with Crippen molar-refractivity contribution < 1.29 is 19.0 Å². The van der Waals surface area contributed by atoms with Crippen molar-refractivity contribution in [3.8, 4) is 17.2 Å². The average molecular weight is 390 g/mol. The Labute approximate surface area is 164 Å². The Balaban J connectivity index is 1.73. The zero-order valence-corrected chi connectivity index (χ0v) is 16.7. The molecule has 0 saturated carbocycles. The van der Waals surface area contributed by atoms with Crippen LogP contribution in [0.1, 0.15) is 38.3 Å². The lowest BCUT2D eigenvalue weighted by atomic mass is 9.93. The second kappa shape index (κ2) is 7.69. The van der Waals surface area contributed by atoms with E-state index in [9.17, 15) is 4.79 Å². The monoisotopic (exact) mass is 389 g/mol. The van der Waals surface area contributed by atoms with Gasteiger partial charge in [0.2, 0.25) is 6.79 Å². The quantitative estimate of drug-likeness (QED) is 0.785. The smallest absolute Gasteiger partial charge is 0.261 e. The zero-order valence-electron chi connectivity index (χ0n) is 16.0. The summed E-state index contributed by atoms with van der Waals surface area (Å²) in [6, 6.07) is 11.0. The van der Waals surface area contributed by atoms with E-state index >= 15 is 0 Å². The van der Waals surface area contributed by atoms with E-state index in [1.807, 2.05) is 52.0 Å². The predicted octanol–water partition coefficient (Wildman–Crippen LogP) is 4.59. The summed E-state index contributed by atoms with van der Waals surface area (Å²) in [5, 5.41) is 3.72. The van der Waals surface area contributed by atoms with Crippen molar-refractivity contribution in [2.24, 2.45) is 0 Å². The molecule has 0 saturated heterocycles. The van der Waals surface area contributed by atoms with E-state index in [4.69, 9.17) is 25.8 Å². The summed E-state index contributed by atoms with van der Waals surface area (Å²) >= 11 is 5.99. The summed E-state index contributed by atoms with van der Waals surface area (Å²) in [5.41, 5.74) is 1.23. The maximum absolute atomic E-state index is 12.9. The number of carbonyl (C=O) groups is 1. The van der Waals surface area contributed by atoms with Crippen LogP contribution in [0.4, 0.5) is 0 Å². The highest BCUT2D eigenvalue weighted by atomic mass is 35.5. The van der Waals surface area contributed by atoms with Gasteiger partial charge in [-0.25, -0.2) is 0 Å². The number of carbonyl (C=O) groups excluding carboxylic acids is 1. The third-order valence-corrected chi connectivity index (χ3v) is 4.83. The van der Waals surface area contributed by atoms with Crippen molar-refractivity contribution in [3.63, 3.8) is 0 Å². The number of hydrogen-bond donors (Lipinski definition) is 1. The first-order chi connectivity index (χ1) is 12.8. The molecule has 1 amide bonds. The average Bonchev–Trinajstić information content (AvgIpc) is 3.08. The van der Waals surface area contributed by atoms with Gasteiger partial charge in [0.05, 0.1) is 5.54 Å². The molecule has 0 aliphatic carbocycles. The van der Waals surface area contributed by atoms with Crippen molar-refractivity contribution in [2.75, 3.05) is 6.79 Å². The van der Waals surface area contributed by atoms with Gasteiger partial charge in [0.15, 0.2) is 17.6 Å². The fraction of sp³-hybridized carbons (Fsp3) is 0.381. The van der Waals surface area contributed by atoms with Crippen LogP contribution in [0, 0.1) is 6.92 Å². The first-order valence-electron chi connectivity index (χ1n) is 8.95. The molecule has 2 aromatic carbocycles. The van der Waals surface area contributed by atoms with Gasteiger partial charge < -0.3 is 19.5 Å². The maximum atomic E-state index is 12.9. The number of benzene rings is 2. The van der Waals surface area contributed by atoms with Gasteiger partial charge in [0.1, 0.15) is 5.75 Å². The molecule has 1 unspecified atom stereocenters. The number of ether oxygens (including phenoxy) is 3. The fourth-order valence-electron chi connectivity index (χ4n) is 2.97. The normalized spacial score (nSPS) is 14.0. The molecule has 5 nitrogen and oxygen atoms in total. The van der Waals surface area contributed by atoms with Crippen LogP contribution >= 0.6 is 11.6 Å². The van der Waals surface area contributed by atoms with Crippen LogP contribution in [0.15, 0.2) is 36.4 Å². The summed E-state index contributed by atoms with van der Waals surface area (Å²) in [6.45, 7) is 7.94. The summed E-state index contributed by atoms with van der Waals surface area (Å²) in [7, 11) is 0. The van der Waals surface area contributed by atoms with Crippen molar-refractivity contribution in [3.05, 3.63) is 52.5 Å². The minimum absolute atomic E-state index is 0.172. The largest absolute Gasteiger partial charge is 0.480 e. The Bertz CT molecular complexity index is 850. The van der Waals surface area contributed by atoms with E-state index in [0.717, 1.165) is 11.1 Å². The van der Waals surface area contributed by atoms with Gasteiger partial charge in [0.25, 0.3) is 5.91 Å². The summed E-state index contributed by atoms with van der Waals surface area (Å²) in [6.07, 6.45) is -0.0522. The molecule has 1 N–H and O–H groups in total. The van der Waals surface area contributed by atoms with Crippen molar-refractivity contribution >= 4 is 17.5 Å². The highest BCUT2D eigenvalue weighted by molar-refractivity contribution is 6.30. The lowest BCUT2D eigenvalue weighted by Gasteiger charge is -2.29. The van der Waals surface area contributed by atoms with Gasteiger partial charge in [-0.15, -0.1) is 0 Å². The first kappa shape index (κ1) is 19.4. The summed E-state index contributed by atoms with van der Waals surface area (Å²) in [5.74, 6) is 1.89. The van der Waals surface area contributed by atoms with Gasteiger partial charge in [-0.3, -0.25) is 4.79 Å². The molecule has 144 valence electrons. The number of aryl methyl sites for hydroxylation is 1. The molecule has 1 atom stereocenters. The van der Waals surface area contributed by atoms with Crippen LogP contribution in [0.3, 0.4) is 0 Å². The third kappa shape index (κ3) is 4.30. The highest BCUT2D eigenvalue weighted by Gasteiger charge is 2.29. The van der Waals surface area contributed by atoms with E-state index in [1.165, 1.54) is 0 Å². The van der Waals surface area contributed by atoms with Gasteiger partial charge in [-0.2, -0.15) is 0 Å². The van der Waals surface area contributed by atoms with E-state index in [2.05, 4.69) is 5.32 Å². The third-order valence-electron chi connectivity index (χ3n) is 4.60. The summed E-state index contributed by atoms with van der Waals surface area (Å²) < 4.78 is 16.7. The minimum atomic E-state index is -0.599. The Morgan fingerprint density at radius 1 is 1.22 bits per heavy atom. The van der Waals surface area contributed by atoms with E-state index in [-0.39, 0.29) is 12.7 Å². The first-order valence-corrected chi connectivity index (χ1v) is 9.33. The molecule has 1 aliphatic heterocycles. The van der Waals surface area contributed by atoms with Gasteiger partial charge >= 0.3 is 0 Å². The molecule has 0 bridgehead atoms. The molecule has 0 spiro atoms. The molecule has 27 heavy (non-hydrogen) atoms. The van der Waals surface area contributed by atoms with Crippen LogP contribution in [0.5, 0.6) is 17.2 Å². The minimum Gasteiger partial charge on any atom is -0.480 e. The number of hydrogen-bond acceptors (Lipinski definition) is 4. The second-order valence-corrected chi connectivity index (χ2v) is 7.54. The molecule has 0 aromatic heterocycles. The summed E-state index contributed by atoms with van der Waals surface area (Å²) in [4.78, 5) is 12.9. The zero-order chi connectivity index (χ0) is 19.6. The van der Waals surface area contributed by atoms with Crippen molar-refractivity contribution in [1.82, 2.24) is 5.32 Å². The van der Waals surface area contributed by atoms with Crippen LogP contribution in [0.2, 0.25) is 5.02 Å². The van der Waals surface area contributed by atoms with Crippen molar-refractivity contribution in [2.45, 2.75) is 45.8 Å². The van der Waals surface area contributed by atoms with E-state index < -0.39 is 11.6 Å². The lowest BCUT2D eigenvalue weighted by Crippen LogP contribution is -2.47. The highest BCUT2D eigenvalue weighted by Crippen LogP contribution is 2.35. The van der Waals surface area contributed by atoms with Gasteiger partial charge in [-0.1, -0.05) is 24.6 Å². The molecular weight excluding hydrogens is 366 g/mol. The SMILES string of the molecule is CCC(Oc1ccc(Cl)cc1C)C(=O)NC(C)(C)c1ccc2c(c1)OCO2. The Hall–Kier alpha value is -2.40. The molecule has 0 fully saturated rings. The number of fused-ring (bicyclic) bond motifs is 1. The van der Waals surface area contributed by atoms with Gasteiger partial charge in [0, 0.05) is 5.02 Å². The Kier molecular flexibility index (Phi) is 5.51. The Morgan fingerprint density at radius 3 is 2.67 bits per heavy atom. The topological polar surface area (TPSA) is 56.8 Å². The molecule has 6 heteroatoms. The molecule has 0 radical (unpaired) electrons. The van der Waals surface area contributed by atoms with E-state index in [0.29, 0.717) is 28.7 Å². The standard InChI is InChI=1S/C21H24ClNO4/c1-5-16(27-17-9-7-15(22)10-13(17)2)20(24)23-21(3,4)14-6-8-18-19(11-14)26-12-25-18/h6-11,16H,5,12H2,1-4H3,(H,23,24). The van der Waals surface area contributed by atoms with Crippen molar-refractivity contribution in [1.29, 1.82) is 0 Å². The maximum Gasteiger partial charge on any atom is 0.261 e. The van der Waals surface area contributed by atoms with E-state index in [1.54, 1.807) is 12.1 Å². The van der Waals surface area contributed by atoms with Crippen LogP contribution in [-0.4, -0.2) is 18.8 Å². The molecule has 1 aliphatic rings. The van der Waals surface area contributed by atoms with Crippen LogP contribution in [-0.2, 0) is 10.3 Å². The molecule has 2 aromatic rings. The fourth-order valence-corrected chi connectivity index (χ4v) is 3.19. The van der Waals surface area contributed by atoms with Crippen LogP contribution in [0.25, 0.3) is 0 Å². The lowest BCUT2D eigenvalue weighted by molar-refractivity contribution is -0.129.